The van der Waals surface area contributed by atoms with Crippen LogP contribution in [0.2, 0.25) is 0 Å². The van der Waals surface area contributed by atoms with Crippen LogP contribution in [-0.2, 0) is 4.79 Å². The van der Waals surface area contributed by atoms with Gasteiger partial charge >= 0.3 is 0 Å². The molecule has 0 radical (unpaired) electrons. The van der Waals surface area contributed by atoms with Crippen molar-refractivity contribution in [2.24, 2.45) is 0 Å². The number of hydrogen-bond acceptors (Lipinski definition) is 4. The highest BCUT2D eigenvalue weighted by molar-refractivity contribution is 7.99. The van der Waals surface area contributed by atoms with Crippen LogP contribution >= 0.6 is 11.8 Å². The molecule has 0 spiro atoms. The highest BCUT2D eigenvalue weighted by atomic mass is 32.2. The summed E-state index contributed by atoms with van der Waals surface area (Å²) in [5.41, 5.74) is 0.340. The second kappa shape index (κ2) is 6.11. The summed E-state index contributed by atoms with van der Waals surface area (Å²) in [5, 5.41) is 2.98. The molecule has 120 valence electrons. The van der Waals surface area contributed by atoms with Crippen LogP contribution in [0.1, 0.15) is 18.2 Å². The number of fused-ring (bicyclic) bond motifs is 1. The average Bonchev–Trinajstić information content (AvgIpc) is 2.85. The monoisotopic (exact) mass is 337 g/mol. The largest absolute Gasteiger partial charge is 0.324 e. The number of carbonyl (C=O) groups is 1. The molecule has 1 aromatic carbocycles. The lowest BCUT2D eigenvalue weighted by Gasteiger charge is -2.13. The van der Waals surface area contributed by atoms with Crippen molar-refractivity contribution in [3.63, 3.8) is 0 Å². The van der Waals surface area contributed by atoms with Gasteiger partial charge < -0.3 is 5.32 Å². The quantitative estimate of drug-likeness (QED) is 0.874. The van der Waals surface area contributed by atoms with Crippen LogP contribution in [0.5, 0.6) is 0 Å². The number of nitrogens with one attached hydrogen (secondary N) is 1. The fourth-order valence-electron chi connectivity index (χ4n) is 2.42. The average molecular weight is 337 g/mol. The first kappa shape index (κ1) is 15.7. The lowest BCUT2D eigenvalue weighted by molar-refractivity contribution is -0.116. The Morgan fingerprint density at radius 3 is 2.96 bits per heavy atom. The molecule has 1 aliphatic rings. The molecule has 2 heterocycles. The normalized spacial score (nSPS) is 16.2. The zero-order valence-electron chi connectivity index (χ0n) is 12.2. The minimum absolute atomic E-state index is 0.0153. The van der Waals surface area contributed by atoms with Gasteiger partial charge in [0.15, 0.2) is 5.16 Å². The Morgan fingerprint density at radius 1 is 1.43 bits per heavy atom. The maximum absolute atomic E-state index is 13.5. The highest BCUT2D eigenvalue weighted by Crippen LogP contribution is 2.32. The van der Waals surface area contributed by atoms with Crippen LogP contribution in [-0.4, -0.2) is 21.2 Å². The van der Waals surface area contributed by atoms with Crippen molar-refractivity contribution in [2.45, 2.75) is 24.5 Å². The van der Waals surface area contributed by atoms with Gasteiger partial charge in [-0.2, -0.15) is 0 Å². The van der Waals surface area contributed by atoms with Crippen LogP contribution in [0, 0.1) is 18.6 Å². The second-order valence-electron chi connectivity index (χ2n) is 5.23. The van der Waals surface area contributed by atoms with Crippen LogP contribution in [0.3, 0.4) is 0 Å². The van der Waals surface area contributed by atoms with E-state index in [1.165, 1.54) is 22.4 Å². The van der Waals surface area contributed by atoms with Gasteiger partial charge in [0.25, 0.3) is 5.56 Å². The smallest absolute Gasteiger partial charge is 0.254 e. The molecule has 1 amide bonds. The molecule has 0 saturated carbocycles. The number of benzene rings is 1. The summed E-state index contributed by atoms with van der Waals surface area (Å²) in [5.74, 6) is -1.45. The van der Waals surface area contributed by atoms with Gasteiger partial charge in [0.2, 0.25) is 5.91 Å². The van der Waals surface area contributed by atoms with E-state index in [-0.39, 0.29) is 23.7 Å². The first-order valence-electron chi connectivity index (χ1n) is 6.92. The SMILES string of the molecule is Cc1cc(=O)n2c(n1)SC[C@@H]2CC(=O)Nc1ccc(F)cc1F. The molecular weight excluding hydrogens is 324 g/mol. The number of halogens is 2. The number of aryl methyl sites for hydroxylation is 1. The zero-order chi connectivity index (χ0) is 16.6. The molecule has 23 heavy (non-hydrogen) atoms. The number of rotatable bonds is 3. The van der Waals surface area contributed by atoms with E-state index in [9.17, 15) is 18.4 Å². The van der Waals surface area contributed by atoms with E-state index in [1.807, 2.05) is 0 Å². The van der Waals surface area contributed by atoms with Crippen LogP contribution in [0.4, 0.5) is 14.5 Å². The van der Waals surface area contributed by atoms with Gasteiger partial charge in [0, 0.05) is 30.0 Å². The molecule has 8 heteroatoms. The minimum Gasteiger partial charge on any atom is -0.324 e. The lowest BCUT2D eigenvalue weighted by Crippen LogP contribution is -2.27. The Bertz CT molecular complexity index is 838. The fourth-order valence-corrected chi connectivity index (χ4v) is 3.61. The molecule has 0 bridgehead atoms. The van der Waals surface area contributed by atoms with Crippen molar-refractivity contribution in [1.82, 2.24) is 9.55 Å². The van der Waals surface area contributed by atoms with E-state index in [0.29, 0.717) is 22.7 Å². The van der Waals surface area contributed by atoms with Crippen molar-refractivity contribution in [3.05, 3.63) is 51.9 Å². The lowest BCUT2D eigenvalue weighted by atomic mass is 10.2. The van der Waals surface area contributed by atoms with E-state index in [4.69, 9.17) is 0 Å². The maximum atomic E-state index is 13.5. The second-order valence-corrected chi connectivity index (χ2v) is 6.22. The molecule has 0 fully saturated rings. The molecule has 5 nitrogen and oxygen atoms in total. The number of carbonyl (C=O) groups excluding carboxylic acids is 1. The van der Waals surface area contributed by atoms with Crippen molar-refractivity contribution in [3.8, 4) is 0 Å². The first-order chi connectivity index (χ1) is 10.9. The molecule has 0 aliphatic carbocycles. The summed E-state index contributed by atoms with van der Waals surface area (Å²) >= 11 is 1.41. The van der Waals surface area contributed by atoms with E-state index >= 15 is 0 Å². The molecule has 2 aromatic rings. The summed E-state index contributed by atoms with van der Waals surface area (Å²) in [7, 11) is 0. The molecule has 1 atom stereocenters. The summed E-state index contributed by atoms with van der Waals surface area (Å²) in [4.78, 5) is 28.4. The maximum Gasteiger partial charge on any atom is 0.254 e. The molecule has 1 aromatic heterocycles. The van der Waals surface area contributed by atoms with Gasteiger partial charge in [-0.05, 0) is 19.1 Å². The van der Waals surface area contributed by atoms with E-state index in [2.05, 4.69) is 10.3 Å². The molecule has 1 N–H and O–H groups in total. The molecular formula is C15H13F2N3O2S. The summed E-state index contributed by atoms with van der Waals surface area (Å²) in [6, 6.07) is 4.01. The van der Waals surface area contributed by atoms with Gasteiger partial charge in [-0.1, -0.05) is 11.8 Å². The zero-order valence-corrected chi connectivity index (χ0v) is 13.0. The van der Waals surface area contributed by atoms with Gasteiger partial charge in [-0.3, -0.25) is 14.2 Å². The third-order valence-electron chi connectivity index (χ3n) is 3.44. The number of amides is 1. The molecule has 0 unspecified atom stereocenters. The Balaban J connectivity index is 1.74. The van der Waals surface area contributed by atoms with Crippen molar-refractivity contribution in [1.29, 1.82) is 0 Å². The summed E-state index contributed by atoms with van der Waals surface area (Å²) in [6.07, 6.45) is 0.0153. The van der Waals surface area contributed by atoms with Gasteiger partial charge in [0.05, 0.1) is 11.7 Å². The Kier molecular flexibility index (Phi) is 4.16. The molecule has 3 rings (SSSR count). The first-order valence-corrected chi connectivity index (χ1v) is 7.90. The van der Waals surface area contributed by atoms with E-state index < -0.39 is 17.5 Å². The van der Waals surface area contributed by atoms with Crippen LogP contribution in [0.25, 0.3) is 0 Å². The van der Waals surface area contributed by atoms with E-state index in [1.54, 1.807) is 6.92 Å². The summed E-state index contributed by atoms with van der Waals surface area (Å²) in [6.45, 7) is 1.74. The van der Waals surface area contributed by atoms with Gasteiger partial charge in [-0.15, -0.1) is 0 Å². The van der Waals surface area contributed by atoms with Gasteiger partial charge in [-0.25, -0.2) is 13.8 Å². The van der Waals surface area contributed by atoms with Crippen molar-refractivity contribution in [2.75, 3.05) is 11.1 Å². The number of aromatic nitrogens is 2. The topological polar surface area (TPSA) is 64.0 Å². The number of thioether (sulfide) groups is 1. The van der Waals surface area contributed by atoms with Gasteiger partial charge in [0.1, 0.15) is 11.6 Å². The third-order valence-corrected chi connectivity index (χ3v) is 4.54. The third kappa shape index (κ3) is 3.26. The fraction of sp³-hybridized carbons (Fsp3) is 0.267. The Labute approximate surface area is 134 Å². The van der Waals surface area contributed by atoms with Crippen molar-refractivity contribution < 1.29 is 13.6 Å². The number of hydrogen-bond donors (Lipinski definition) is 1. The van der Waals surface area contributed by atoms with Crippen LogP contribution in [0.15, 0.2) is 34.2 Å². The highest BCUT2D eigenvalue weighted by Gasteiger charge is 2.27. The molecule has 1 aliphatic heterocycles. The number of nitrogens with zero attached hydrogens (tertiary/aromatic N) is 2. The minimum atomic E-state index is -0.839. The Hall–Kier alpha value is -2.22. The van der Waals surface area contributed by atoms with Crippen molar-refractivity contribution >= 4 is 23.4 Å². The predicted molar refractivity (Wildman–Crippen MR) is 82.6 cm³/mol. The van der Waals surface area contributed by atoms with E-state index in [0.717, 1.165) is 12.1 Å². The number of anilines is 1. The van der Waals surface area contributed by atoms with Crippen LogP contribution < -0.4 is 10.9 Å². The predicted octanol–water partition coefficient (Wildman–Crippen LogP) is 2.51. The Morgan fingerprint density at radius 2 is 2.22 bits per heavy atom. The molecule has 0 saturated heterocycles. The summed E-state index contributed by atoms with van der Waals surface area (Å²) < 4.78 is 27.9. The standard InChI is InChI=1S/C15H13F2N3O2S/c1-8-4-14(22)20-10(7-23-15(20)18-8)6-13(21)19-12-3-2-9(16)5-11(12)17/h2-5,10H,6-7H2,1H3,(H,19,21)/t10-/m0/s1.